The second-order valence-electron chi connectivity index (χ2n) is 4.97. The predicted molar refractivity (Wildman–Crippen MR) is 84.1 cm³/mol. The second-order valence-corrected chi connectivity index (χ2v) is 5.89. The van der Waals surface area contributed by atoms with Crippen LogP contribution in [-0.2, 0) is 9.59 Å². The van der Waals surface area contributed by atoms with Gasteiger partial charge in [0, 0.05) is 23.1 Å². The highest BCUT2D eigenvalue weighted by Gasteiger charge is 2.14. The maximum absolute atomic E-state index is 12.0. The van der Waals surface area contributed by atoms with Crippen LogP contribution < -0.4 is 5.32 Å². The lowest BCUT2D eigenvalue weighted by Gasteiger charge is -2.25. The maximum atomic E-state index is 12.0. The molecule has 0 saturated heterocycles. The largest absolute Gasteiger partial charge is 0.481 e. The Bertz CT molecular complexity index is 477. The molecule has 7 heteroatoms. The first-order chi connectivity index (χ1) is 9.88. The van der Waals surface area contributed by atoms with Gasteiger partial charge in [-0.3, -0.25) is 14.5 Å². The molecule has 116 valence electrons. The third kappa shape index (κ3) is 7.19. The van der Waals surface area contributed by atoms with E-state index in [-0.39, 0.29) is 24.9 Å². The Hall–Kier alpha value is -1.47. The fourth-order valence-electron chi connectivity index (χ4n) is 1.77. The highest BCUT2D eigenvalue weighted by atomic mass is 79.9. The van der Waals surface area contributed by atoms with Crippen molar-refractivity contribution in [1.29, 1.82) is 0 Å². The zero-order valence-electron chi connectivity index (χ0n) is 12.2. The van der Waals surface area contributed by atoms with Crippen LogP contribution in [0.1, 0.15) is 26.7 Å². The standard InChI is InChI=1S/C14H20BrN3O3/c1-10(2)18(7-3-4-14(20)21)9-13(19)17-12-6-5-11(15)8-16-12/h5-6,8,10H,3-4,7,9H2,1-2H3,(H,20,21)(H,16,17,19). The van der Waals surface area contributed by atoms with E-state index in [4.69, 9.17) is 5.11 Å². The Kier molecular flexibility index (Phi) is 7.31. The number of carbonyl (C=O) groups excluding carboxylic acids is 1. The summed E-state index contributed by atoms with van der Waals surface area (Å²) >= 11 is 3.28. The summed E-state index contributed by atoms with van der Waals surface area (Å²) in [6.07, 6.45) is 2.25. The molecule has 0 spiro atoms. The summed E-state index contributed by atoms with van der Waals surface area (Å²) in [5.74, 6) is -0.478. The molecule has 21 heavy (non-hydrogen) atoms. The third-order valence-electron chi connectivity index (χ3n) is 2.91. The van der Waals surface area contributed by atoms with Crippen molar-refractivity contribution in [2.24, 2.45) is 0 Å². The van der Waals surface area contributed by atoms with E-state index in [1.807, 2.05) is 18.7 Å². The molecule has 1 heterocycles. The number of carboxylic acids is 1. The van der Waals surface area contributed by atoms with Gasteiger partial charge in [-0.15, -0.1) is 0 Å². The van der Waals surface area contributed by atoms with Gasteiger partial charge in [0.05, 0.1) is 6.54 Å². The number of rotatable bonds is 8. The van der Waals surface area contributed by atoms with Crippen molar-refractivity contribution in [1.82, 2.24) is 9.88 Å². The van der Waals surface area contributed by atoms with Crippen LogP contribution in [0.3, 0.4) is 0 Å². The number of carbonyl (C=O) groups is 2. The molecule has 0 aliphatic rings. The van der Waals surface area contributed by atoms with E-state index in [0.717, 1.165) is 4.47 Å². The summed E-state index contributed by atoms with van der Waals surface area (Å²) < 4.78 is 0.845. The van der Waals surface area contributed by atoms with Crippen molar-refractivity contribution >= 4 is 33.6 Å². The highest BCUT2D eigenvalue weighted by Crippen LogP contribution is 2.10. The van der Waals surface area contributed by atoms with Crippen LogP contribution in [0.25, 0.3) is 0 Å². The number of hydrogen-bond donors (Lipinski definition) is 2. The molecule has 6 nitrogen and oxygen atoms in total. The van der Waals surface area contributed by atoms with Crippen LogP contribution in [-0.4, -0.2) is 46.0 Å². The van der Waals surface area contributed by atoms with Gasteiger partial charge in [0.15, 0.2) is 0 Å². The Labute approximate surface area is 132 Å². The number of halogens is 1. The molecule has 1 aromatic heterocycles. The minimum atomic E-state index is -0.817. The lowest BCUT2D eigenvalue weighted by atomic mass is 10.2. The molecule has 0 aromatic carbocycles. The van der Waals surface area contributed by atoms with Crippen LogP contribution in [0.4, 0.5) is 5.82 Å². The Balaban J connectivity index is 2.48. The molecule has 1 amide bonds. The van der Waals surface area contributed by atoms with Crippen LogP contribution in [0.15, 0.2) is 22.8 Å². The molecule has 0 aliphatic carbocycles. The van der Waals surface area contributed by atoms with Gasteiger partial charge in [0.25, 0.3) is 0 Å². The van der Waals surface area contributed by atoms with Crippen LogP contribution in [0.2, 0.25) is 0 Å². The summed E-state index contributed by atoms with van der Waals surface area (Å²) in [7, 11) is 0. The topological polar surface area (TPSA) is 82.5 Å². The number of aliphatic carboxylic acids is 1. The van der Waals surface area contributed by atoms with Gasteiger partial charge in [-0.25, -0.2) is 4.98 Å². The van der Waals surface area contributed by atoms with E-state index in [1.54, 1.807) is 18.3 Å². The first-order valence-corrected chi connectivity index (χ1v) is 7.55. The van der Waals surface area contributed by atoms with Crippen molar-refractivity contribution in [2.75, 3.05) is 18.4 Å². The average Bonchev–Trinajstić information content (AvgIpc) is 2.39. The third-order valence-corrected chi connectivity index (χ3v) is 3.38. The van der Waals surface area contributed by atoms with E-state index < -0.39 is 5.97 Å². The van der Waals surface area contributed by atoms with E-state index >= 15 is 0 Å². The Morgan fingerprint density at radius 3 is 2.67 bits per heavy atom. The number of aromatic nitrogens is 1. The molecule has 0 fully saturated rings. The molecule has 0 aliphatic heterocycles. The zero-order chi connectivity index (χ0) is 15.8. The Morgan fingerprint density at radius 2 is 2.14 bits per heavy atom. The average molecular weight is 358 g/mol. The van der Waals surface area contributed by atoms with Crippen molar-refractivity contribution in [3.63, 3.8) is 0 Å². The number of pyridine rings is 1. The minimum absolute atomic E-state index is 0.110. The van der Waals surface area contributed by atoms with Gasteiger partial charge in [0.1, 0.15) is 5.82 Å². The number of nitrogens with zero attached hydrogens (tertiary/aromatic N) is 2. The fourth-order valence-corrected chi connectivity index (χ4v) is 2.00. The molecule has 1 aromatic rings. The highest BCUT2D eigenvalue weighted by molar-refractivity contribution is 9.10. The summed E-state index contributed by atoms with van der Waals surface area (Å²) in [5, 5.41) is 11.4. The quantitative estimate of drug-likeness (QED) is 0.746. The summed E-state index contributed by atoms with van der Waals surface area (Å²) in [4.78, 5) is 28.5. The first-order valence-electron chi connectivity index (χ1n) is 6.75. The first kappa shape index (κ1) is 17.6. The van der Waals surface area contributed by atoms with Crippen LogP contribution in [0, 0.1) is 0 Å². The fraction of sp³-hybridized carbons (Fsp3) is 0.500. The van der Waals surface area contributed by atoms with Gasteiger partial charge in [-0.2, -0.15) is 0 Å². The van der Waals surface area contributed by atoms with E-state index in [1.165, 1.54) is 0 Å². The van der Waals surface area contributed by atoms with Crippen molar-refractivity contribution in [3.8, 4) is 0 Å². The zero-order valence-corrected chi connectivity index (χ0v) is 13.8. The summed E-state index contributed by atoms with van der Waals surface area (Å²) in [5.41, 5.74) is 0. The SMILES string of the molecule is CC(C)N(CCCC(=O)O)CC(=O)Nc1ccc(Br)cn1. The van der Waals surface area contributed by atoms with Crippen molar-refractivity contribution in [3.05, 3.63) is 22.8 Å². The number of nitrogens with one attached hydrogen (secondary N) is 1. The summed E-state index contributed by atoms with van der Waals surface area (Å²) in [6, 6.07) is 3.68. The molecule has 0 atom stereocenters. The smallest absolute Gasteiger partial charge is 0.303 e. The lowest BCUT2D eigenvalue weighted by molar-refractivity contribution is -0.137. The van der Waals surface area contributed by atoms with E-state index in [0.29, 0.717) is 18.8 Å². The molecule has 0 unspecified atom stereocenters. The van der Waals surface area contributed by atoms with Gasteiger partial charge >= 0.3 is 5.97 Å². The predicted octanol–water partition coefficient (Wildman–Crippen LogP) is 2.36. The molecule has 0 radical (unpaired) electrons. The monoisotopic (exact) mass is 357 g/mol. The molecule has 2 N–H and O–H groups in total. The van der Waals surface area contributed by atoms with Crippen LogP contribution in [0.5, 0.6) is 0 Å². The number of hydrogen-bond acceptors (Lipinski definition) is 4. The summed E-state index contributed by atoms with van der Waals surface area (Å²) in [6.45, 7) is 4.75. The molecule has 0 bridgehead atoms. The van der Waals surface area contributed by atoms with E-state index in [9.17, 15) is 9.59 Å². The van der Waals surface area contributed by atoms with Crippen molar-refractivity contribution < 1.29 is 14.7 Å². The Morgan fingerprint density at radius 1 is 1.43 bits per heavy atom. The van der Waals surface area contributed by atoms with E-state index in [2.05, 4.69) is 26.2 Å². The second kappa shape index (κ2) is 8.74. The number of amides is 1. The maximum Gasteiger partial charge on any atom is 0.303 e. The minimum Gasteiger partial charge on any atom is -0.481 e. The van der Waals surface area contributed by atoms with Gasteiger partial charge in [-0.05, 0) is 54.9 Å². The van der Waals surface area contributed by atoms with Crippen LogP contribution >= 0.6 is 15.9 Å². The normalized spacial score (nSPS) is 10.9. The number of anilines is 1. The van der Waals surface area contributed by atoms with Gasteiger partial charge < -0.3 is 10.4 Å². The molecular formula is C14H20BrN3O3. The van der Waals surface area contributed by atoms with Gasteiger partial charge in [0.2, 0.25) is 5.91 Å². The molecule has 1 rings (SSSR count). The van der Waals surface area contributed by atoms with Gasteiger partial charge in [-0.1, -0.05) is 0 Å². The lowest BCUT2D eigenvalue weighted by Crippen LogP contribution is -2.38. The molecular weight excluding hydrogens is 338 g/mol. The van der Waals surface area contributed by atoms with Crippen molar-refractivity contribution in [2.45, 2.75) is 32.7 Å². The molecule has 0 saturated carbocycles. The number of carboxylic acid groups (broad SMARTS) is 1.